The molecular weight excluding hydrogens is 462 g/mol. The number of halogens is 2. The van der Waals surface area contributed by atoms with E-state index in [0.717, 1.165) is 17.5 Å². The van der Waals surface area contributed by atoms with Crippen molar-refractivity contribution in [2.24, 2.45) is 0 Å². The Bertz CT molecular complexity index is 834. The molecule has 1 atom stereocenters. The molecule has 2 rings (SSSR count). The van der Waals surface area contributed by atoms with E-state index in [2.05, 4.69) is 20.9 Å². The molecule has 13 heteroatoms. The topological polar surface area (TPSA) is 108 Å². The number of sulfonamides is 1. The minimum atomic E-state index is -4.49. The van der Waals surface area contributed by atoms with Crippen LogP contribution >= 0.6 is 46.5 Å². The molecule has 0 aromatic carbocycles. The number of thiophene rings is 1. The summed E-state index contributed by atoms with van der Waals surface area (Å²) in [6.07, 6.45) is 1.57. The third-order valence-corrected chi connectivity index (χ3v) is 7.16. The van der Waals surface area contributed by atoms with Crippen LogP contribution < -0.4 is 43.7 Å². The number of rotatable bonds is 6. The van der Waals surface area contributed by atoms with E-state index in [-0.39, 0.29) is 44.5 Å². The van der Waals surface area contributed by atoms with Crippen molar-refractivity contribution in [3.63, 3.8) is 0 Å². The van der Waals surface area contributed by atoms with Crippen molar-refractivity contribution in [3.8, 4) is 5.75 Å². The molecule has 0 bridgehead atoms. The van der Waals surface area contributed by atoms with Gasteiger partial charge >= 0.3 is 29.6 Å². The van der Waals surface area contributed by atoms with Crippen LogP contribution in [0.25, 0.3) is 0 Å². The van der Waals surface area contributed by atoms with Crippen LogP contribution in [0, 0.1) is 0 Å². The quantitative estimate of drug-likeness (QED) is 0.448. The van der Waals surface area contributed by atoms with Crippen LogP contribution in [0.1, 0.15) is 0 Å². The first-order chi connectivity index (χ1) is 10.2. The van der Waals surface area contributed by atoms with E-state index in [1.54, 1.807) is 6.07 Å². The minimum Gasteiger partial charge on any atom is -0.768 e. The zero-order valence-electron chi connectivity index (χ0n) is 11.6. The second-order valence-corrected chi connectivity index (χ2v) is 10.5. The molecule has 0 fully saturated rings. The number of hydrogen-bond donors (Lipinski definition) is 1. The summed E-state index contributed by atoms with van der Waals surface area (Å²) in [4.78, 5) is 15.5. The summed E-state index contributed by atoms with van der Waals surface area (Å²) >= 11 is 9.75. The summed E-state index contributed by atoms with van der Waals surface area (Å²) in [7, 11) is -8.42. The van der Waals surface area contributed by atoms with Crippen molar-refractivity contribution >= 4 is 56.5 Å². The molecule has 0 aliphatic heterocycles. The van der Waals surface area contributed by atoms with Crippen molar-refractivity contribution in [1.29, 1.82) is 0 Å². The van der Waals surface area contributed by atoms with Gasteiger partial charge in [-0.2, -0.15) is 0 Å². The zero-order valence-corrected chi connectivity index (χ0v) is 18.5. The smallest absolute Gasteiger partial charge is 0.768 e. The van der Waals surface area contributed by atoms with Crippen LogP contribution in [-0.2, 0) is 14.6 Å². The van der Waals surface area contributed by atoms with Gasteiger partial charge in [0, 0.05) is 12.3 Å². The Kier molecular flexibility index (Phi) is 8.21. The van der Waals surface area contributed by atoms with E-state index in [4.69, 9.17) is 16.1 Å². The number of nitrogens with zero attached hydrogens (tertiary/aromatic N) is 1. The number of aromatic nitrogens is 1. The fourth-order valence-corrected chi connectivity index (χ4v) is 5.99. The first kappa shape index (κ1) is 21.6. The van der Waals surface area contributed by atoms with Crippen molar-refractivity contribution in [2.45, 2.75) is 4.21 Å². The maximum absolute atomic E-state index is 11.9. The predicted octanol–water partition coefficient (Wildman–Crippen LogP) is -0.569. The summed E-state index contributed by atoms with van der Waals surface area (Å²) < 4.78 is 43.0. The normalized spacial score (nSPS) is 13.9. The van der Waals surface area contributed by atoms with Crippen LogP contribution in [0.4, 0.5) is 0 Å². The average Bonchev–Trinajstić information content (AvgIpc) is 2.84. The van der Waals surface area contributed by atoms with Crippen LogP contribution in [-0.4, -0.2) is 19.7 Å². The van der Waals surface area contributed by atoms with Crippen molar-refractivity contribution in [3.05, 3.63) is 39.4 Å². The van der Waals surface area contributed by atoms with E-state index in [1.807, 2.05) is 4.72 Å². The molecule has 2 aromatic rings. The number of pyridine rings is 1. The number of nitrogens with one attached hydrogen (secondary N) is 1. The summed E-state index contributed by atoms with van der Waals surface area (Å²) in [5.41, 5.74) is 0. The first-order valence-electron chi connectivity index (χ1n) is 5.53. The molecule has 0 aliphatic carbocycles. The zero-order chi connectivity index (χ0) is 16.4. The maximum atomic E-state index is 11.9. The monoisotopic (exact) mass is 468 g/mol. The SMILES string of the molecule is O=P([O-])(CNS(=O)(=O)c1ccc(Br)s1)Oc1cncc(Cl)c1.[Na+]. The Morgan fingerprint density at radius 3 is 2.70 bits per heavy atom. The molecule has 0 saturated heterocycles. The van der Waals surface area contributed by atoms with Gasteiger partial charge < -0.3 is 9.42 Å². The van der Waals surface area contributed by atoms with Crippen LogP contribution in [0.15, 0.2) is 38.6 Å². The standard InChI is InChI=1S/C10H9BrClN2O5PS2.Na/c11-9-1-2-10(21-9)22(17,18)14-6-20(15,16)19-8-3-7(12)4-13-5-8;/h1-5,14H,6H2,(H,15,16);/q;+1/p-1. The molecule has 1 N–H and O–H groups in total. The summed E-state index contributed by atoms with van der Waals surface area (Å²) in [5, 5.41) is 0.196. The van der Waals surface area contributed by atoms with E-state index in [0.29, 0.717) is 3.79 Å². The van der Waals surface area contributed by atoms with E-state index < -0.39 is 23.9 Å². The van der Waals surface area contributed by atoms with Crippen molar-refractivity contribution in [1.82, 2.24) is 9.71 Å². The molecule has 2 aromatic heterocycles. The fourth-order valence-electron chi connectivity index (χ4n) is 1.31. The van der Waals surface area contributed by atoms with Gasteiger partial charge in [-0.1, -0.05) is 11.6 Å². The molecule has 0 amide bonds. The average molecular weight is 470 g/mol. The maximum Gasteiger partial charge on any atom is 1.00 e. The Labute approximate surface area is 172 Å². The summed E-state index contributed by atoms with van der Waals surface area (Å²) in [6.45, 7) is 0. The van der Waals surface area contributed by atoms with Gasteiger partial charge in [0.25, 0.3) is 10.0 Å². The fraction of sp³-hybridized carbons (Fsp3) is 0.100. The van der Waals surface area contributed by atoms with Gasteiger partial charge in [0.1, 0.15) is 9.96 Å². The molecule has 0 spiro atoms. The van der Waals surface area contributed by atoms with Crippen LogP contribution in [0.2, 0.25) is 5.02 Å². The van der Waals surface area contributed by atoms with Crippen LogP contribution in [0.5, 0.6) is 5.75 Å². The Morgan fingerprint density at radius 2 is 2.13 bits per heavy atom. The Morgan fingerprint density at radius 1 is 1.43 bits per heavy atom. The van der Waals surface area contributed by atoms with E-state index >= 15 is 0 Å². The van der Waals surface area contributed by atoms with Crippen molar-refractivity contribution < 1.29 is 52.0 Å². The molecule has 2 heterocycles. The third-order valence-electron chi connectivity index (χ3n) is 2.19. The van der Waals surface area contributed by atoms with E-state index in [1.165, 1.54) is 18.3 Å². The van der Waals surface area contributed by atoms with Crippen molar-refractivity contribution in [2.75, 3.05) is 6.29 Å². The Hall–Kier alpha value is 0.520. The van der Waals surface area contributed by atoms with Gasteiger partial charge in [-0.05, 0) is 28.1 Å². The molecule has 23 heavy (non-hydrogen) atoms. The molecule has 120 valence electrons. The molecule has 0 aliphatic rings. The van der Waals surface area contributed by atoms with Gasteiger partial charge in [0.05, 0.1) is 21.3 Å². The number of hydrogen-bond acceptors (Lipinski definition) is 7. The van der Waals surface area contributed by atoms with Gasteiger partial charge in [-0.3, -0.25) is 9.55 Å². The largest absolute Gasteiger partial charge is 1.00 e. The predicted molar refractivity (Wildman–Crippen MR) is 84.7 cm³/mol. The molecule has 0 saturated carbocycles. The van der Waals surface area contributed by atoms with Gasteiger partial charge in [-0.25, -0.2) is 13.1 Å². The summed E-state index contributed by atoms with van der Waals surface area (Å²) in [6, 6.07) is 4.16. The third kappa shape index (κ3) is 6.74. The molecule has 1 unspecified atom stereocenters. The molecule has 7 nitrogen and oxygen atoms in total. The summed E-state index contributed by atoms with van der Waals surface area (Å²) in [5.74, 6) is -0.0936. The van der Waals surface area contributed by atoms with Gasteiger partial charge in [-0.15, -0.1) is 11.3 Å². The van der Waals surface area contributed by atoms with E-state index in [9.17, 15) is 17.9 Å². The minimum absolute atomic E-state index is 0. The second-order valence-electron chi connectivity index (χ2n) is 3.91. The second kappa shape index (κ2) is 8.75. The van der Waals surface area contributed by atoms with Crippen LogP contribution in [0.3, 0.4) is 0 Å². The van der Waals surface area contributed by atoms with Gasteiger partial charge in [0.2, 0.25) is 0 Å². The first-order valence-corrected chi connectivity index (χ1v) is 10.7. The molecular formula is C10H8BrClN2NaO5PS2. The molecule has 0 radical (unpaired) electrons. The Balaban J connectivity index is 0.00000264. The van der Waals surface area contributed by atoms with Gasteiger partial charge in [0.15, 0.2) is 7.60 Å².